The Morgan fingerprint density at radius 1 is 0.963 bits per heavy atom. The smallest absolute Gasteiger partial charge is 0.253 e. The lowest BCUT2D eigenvalue weighted by molar-refractivity contribution is -0.135. The molecule has 2 rings (SSSR count). The molecule has 1 fully saturated rings. The first-order valence-electron chi connectivity index (χ1n) is 10.1. The maximum atomic E-state index is 12.7. The van der Waals surface area contributed by atoms with Crippen LogP contribution in [0, 0.1) is 11.3 Å². The van der Waals surface area contributed by atoms with E-state index in [1.807, 2.05) is 75.6 Å². The van der Waals surface area contributed by atoms with Crippen LogP contribution in [-0.4, -0.2) is 53.5 Å². The Balaban J connectivity index is 0.00000176. The van der Waals surface area contributed by atoms with Crippen LogP contribution in [0.3, 0.4) is 0 Å². The van der Waals surface area contributed by atoms with Crippen LogP contribution in [0.5, 0.6) is 0 Å². The highest BCUT2D eigenvalue weighted by atomic mass is 16.2. The number of benzene rings is 1. The highest BCUT2D eigenvalue weighted by Gasteiger charge is 2.26. The molecule has 1 aromatic carbocycles. The molecular weight excluding hydrogens is 338 g/mol. The SMILES string of the molecule is CC.CCC(=N)C(C)c1ccc(C(=O)N2CCN(C(=O)C(C)C)CC2)cc1. The van der Waals surface area contributed by atoms with Gasteiger partial charge in [0.05, 0.1) is 0 Å². The Bertz CT molecular complexity index is 629. The first-order chi connectivity index (χ1) is 12.8. The monoisotopic (exact) mass is 373 g/mol. The number of hydrogen-bond donors (Lipinski definition) is 1. The predicted octanol–water partition coefficient (Wildman–Crippen LogP) is 4.19. The van der Waals surface area contributed by atoms with Crippen LogP contribution in [0.1, 0.15) is 69.8 Å². The van der Waals surface area contributed by atoms with Gasteiger partial charge < -0.3 is 15.2 Å². The minimum absolute atomic E-state index is 0.00126. The summed E-state index contributed by atoms with van der Waals surface area (Å²) in [5, 5.41) is 7.96. The van der Waals surface area contributed by atoms with Gasteiger partial charge in [-0.2, -0.15) is 0 Å². The number of hydrogen-bond acceptors (Lipinski definition) is 3. The van der Waals surface area contributed by atoms with Crippen LogP contribution in [0.25, 0.3) is 0 Å². The molecule has 1 unspecified atom stereocenters. The number of carbonyl (C=O) groups excluding carboxylic acids is 2. The molecule has 0 aromatic heterocycles. The van der Waals surface area contributed by atoms with Gasteiger partial charge >= 0.3 is 0 Å². The van der Waals surface area contributed by atoms with Gasteiger partial charge in [-0.25, -0.2) is 0 Å². The molecule has 1 heterocycles. The summed E-state index contributed by atoms with van der Waals surface area (Å²) < 4.78 is 0. The summed E-state index contributed by atoms with van der Waals surface area (Å²) in [5.74, 6) is 0.253. The molecule has 1 aliphatic heterocycles. The lowest BCUT2D eigenvalue weighted by Crippen LogP contribution is -2.51. The predicted molar refractivity (Wildman–Crippen MR) is 112 cm³/mol. The highest BCUT2D eigenvalue weighted by molar-refractivity contribution is 5.95. The van der Waals surface area contributed by atoms with Gasteiger partial charge in [0.1, 0.15) is 0 Å². The molecule has 1 aromatic rings. The molecule has 1 aliphatic rings. The van der Waals surface area contributed by atoms with Gasteiger partial charge in [-0.1, -0.05) is 53.7 Å². The molecule has 5 heteroatoms. The van der Waals surface area contributed by atoms with Crippen molar-refractivity contribution in [3.05, 3.63) is 35.4 Å². The van der Waals surface area contributed by atoms with Crippen LogP contribution in [-0.2, 0) is 4.79 Å². The quantitative estimate of drug-likeness (QED) is 0.787. The van der Waals surface area contributed by atoms with Gasteiger partial charge in [0, 0.05) is 49.3 Å². The third-order valence-corrected chi connectivity index (χ3v) is 4.93. The van der Waals surface area contributed by atoms with Crippen molar-refractivity contribution in [3.63, 3.8) is 0 Å². The fraction of sp³-hybridized carbons (Fsp3) is 0.591. The molecule has 0 spiro atoms. The van der Waals surface area contributed by atoms with E-state index in [0.717, 1.165) is 12.0 Å². The lowest BCUT2D eigenvalue weighted by atomic mass is 9.94. The van der Waals surface area contributed by atoms with Gasteiger partial charge in [-0.05, 0) is 24.1 Å². The average Bonchev–Trinajstić information content (AvgIpc) is 2.73. The minimum Gasteiger partial charge on any atom is -0.339 e. The molecule has 5 nitrogen and oxygen atoms in total. The number of nitrogens with one attached hydrogen (secondary N) is 1. The molecule has 1 atom stereocenters. The van der Waals surface area contributed by atoms with Crippen LogP contribution in [0.15, 0.2) is 24.3 Å². The van der Waals surface area contributed by atoms with E-state index in [2.05, 4.69) is 0 Å². The van der Waals surface area contributed by atoms with Crippen LogP contribution in [0.4, 0.5) is 0 Å². The van der Waals surface area contributed by atoms with E-state index in [-0.39, 0.29) is 23.7 Å². The van der Waals surface area contributed by atoms with Gasteiger partial charge in [0.15, 0.2) is 0 Å². The van der Waals surface area contributed by atoms with E-state index in [0.29, 0.717) is 37.5 Å². The first-order valence-corrected chi connectivity index (χ1v) is 10.1. The highest BCUT2D eigenvalue weighted by Crippen LogP contribution is 2.19. The number of piperazine rings is 1. The summed E-state index contributed by atoms with van der Waals surface area (Å²) in [6.07, 6.45) is 0.737. The Hall–Kier alpha value is -2.17. The molecule has 0 radical (unpaired) electrons. The molecule has 27 heavy (non-hydrogen) atoms. The summed E-state index contributed by atoms with van der Waals surface area (Å²) in [5.41, 5.74) is 2.43. The maximum Gasteiger partial charge on any atom is 0.253 e. The van der Waals surface area contributed by atoms with Crippen LogP contribution in [0.2, 0.25) is 0 Å². The normalized spacial score (nSPS) is 15.1. The van der Waals surface area contributed by atoms with E-state index in [4.69, 9.17) is 5.41 Å². The topological polar surface area (TPSA) is 64.5 Å². The van der Waals surface area contributed by atoms with Crippen molar-refractivity contribution in [2.24, 2.45) is 5.92 Å². The zero-order valence-corrected chi connectivity index (χ0v) is 17.7. The number of carbonyl (C=O) groups is 2. The second kappa shape index (κ2) is 10.9. The van der Waals surface area contributed by atoms with E-state index in [9.17, 15) is 9.59 Å². The summed E-state index contributed by atoms with van der Waals surface area (Å²) in [6, 6.07) is 7.59. The van der Waals surface area contributed by atoms with Crippen LogP contribution >= 0.6 is 0 Å². The van der Waals surface area contributed by atoms with Crippen molar-refractivity contribution in [2.45, 2.75) is 53.9 Å². The minimum atomic E-state index is -0.00126. The van der Waals surface area contributed by atoms with Crippen molar-refractivity contribution in [2.75, 3.05) is 26.2 Å². The summed E-state index contributed by atoms with van der Waals surface area (Å²) in [6.45, 7) is 14.2. The molecule has 2 amide bonds. The number of amides is 2. The zero-order valence-electron chi connectivity index (χ0n) is 17.7. The summed E-state index contributed by atoms with van der Waals surface area (Å²) >= 11 is 0. The average molecular weight is 374 g/mol. The number of rotatable bonds is 5. The van der Waals surface area contributed by atoms with E-state index < -0.39 is 0 Å². The van der Waals surface area contributed by atoms with Gasteiger partial charge in [-0.3, -0.25) is 9.59 Å². The van der Waals surface area contributed by atoms with E-state index in [1.165, 1.54) is 0 Å². The Morgan fingerprint density at radius 2 is 1.44 bits per heavy atom. The third-order valence-electron chi connectivity index (χ3n) is 4.93. The molecule has 150 valence electrons. The molecular formula is C22H35N3O2. The molecule has 0 saturated carbocycles. The van der Waals surface area contributed by atoms with E-state index >= 15 is 0 Å². The Kier molecular flexibility index (Phi) is 9.19. The standard InChI is InChI=1S/C20H29N3O2.C2H6/c1-5-18(21)15(4)16-6-8-17(9-7-16)20(25)23-12-10-22(11-13-23)19(24)14(2)3;1-2/h6-9,14-15,21H,5,10-13H2,1-4H3;1-2H3. The van der Waals surface area contributed by atoms with Gasteiger partial charge in [0.25, 0.3) is 5.91 Å². The maximum absolute atomic E-state index is 12.7. The fourth-order valence-corrected chi connectivity index (χ4v) is 3.10. The first kappa shape index (κ1) is 22.9. The van der Waals surface area contributed by atoms with Gasteiger partial charge in [0.2, 0.25) is 5.91 Å². The second-order valence-electron chi connectivity index (χ2n) is 6.99. The van der Waals surface area contributed by atoms with Gasteiger partial charge in [-0.15, -0.1) is 0 Å². The third kappa shape index (κ3) is 5.91. The Labute approximate surface area is 164 Å². The van der Waals surface area contributed by atoms with Crippen molar-refractivity contribution in [1.29, 1.82) is 5.41 Å². The largest absolute Gasteiger partial charge is 0.339 e. The Morgan fingerprint density at radius 3 is 1.89 bits per heavy atom. The van der Waals surface area contributed by atoms with E-state index in [1.54, 1.807) is 0 Å². The second-order valence-corrected chi connectivity index (χ2v) is 6.99. The van der Waals surface area contributed by atoms with Crippen molar-refractivity contribution in [3.8, 4) is 0 Å². The molecule has 1 N–H and O–H groups in total. The number of nitrogens with zero attached hydrogens (tertiary/aromatic N) is 2. The van der Waals surface area contributed by atoms with Crippen LogP contribution < -0.4 is 0 Å². The summed E-state index contributed by atoms with van der Waals surface area (Å²) in [7, 11) is 0. The molecule has 1 saturated heterocycles. The zero-order chi connectivity index (χ0) is 20.6. The van der Waals surface area contributed by atoms with Crippen molar-refractivity contribution < 1.29 is 9.59 Å². The molecule has 0 bridgehead atoms. The summed E-state index contributed by atoms with van der Waals surface area (Å²) in [4.78, 5) is 28.4. The van der Waals surface area contributed by atoms with Crippen molar-refractivity contribution in [1.82, 2.24) is 9.80 Å². The lowest BCUT2D eigenvalue weighted by Gasteiger charge is -2.35. The van der Waals surface area contributed by atoms with Crippen molar-refractivity contribution >= 4 is 17.5 Å². The fourth-order valence-electron chi connectivity index (χ4n) is 3.10. The molecule has 0 aliphatic carbocycles.